The van der Waals surface area contributed by atoms with Gasteiger partial charge in [0.2, 0.25) is 0 Å². The summed E-state index contributed by atoms with van der Waals surface area (Å²) in [6.45, 7) is 2.13. The van der Waals surface area contributed by atoms with Gasteiger partial charge in [0, 0.05) is 41.9 Å². The monoisotopic (exact) mass is 398 g/mol. The van der Waals surface area contributed by atoms with Gasteiger partial charge < -0.3 is 4.57 Å². The molecule has 0 amide bonds. The first kappa shape index (κ1) is 15.8. The van der Waals surface area contributed by atoms with Gasteiger partial charge in [0.15, 0.2) is 0 Å². The number of halogens is 2. The smallest absolute Gasteiger partial charge is 0.108 e. The summed E-state index contributed by atoms with van der Waals surface area (Å²) < 4.78 is 2.10. The minimum atomic E-state index is 0.111. The molecular weight excluding hydrogens is 380 g/mol. The van der Waals surface area contributed by atoms with Crippen LogP contribution in [0.5, 0.6) is 0 Å². The molecule has 0 fully saturated rings. The number of hydrogen-bond donors (Lipinski definition) is 0. The summed E-state index contributed by atoms with van der Waals surface area (Å²) in [7, 11) is 2.05. The van der Waals surface area contributed by atoms with Crippen LogP contribution in [0.4, 0.5) is 0 Å². The predicted molar refractivity (Wildman–Crippen MR) is 92.0 cm³/mol. The Morgan fingerprint density at radius 3 is 2.30 bits per heavy atom. The van der Waals surface area contributed by atoms with E-state index in [1.807, 2.05) is 12.4 Å². The number of aromatic nitrogens is 2. The molecule has 1 aromatic carbocycles. The summed E-state index contributed by atoms with van der Waals surface area (Å²) in [5, 5.41) is 1.89. The molecule has 0 unspecified atom stereocenters. The average Bonchev–Trinajstić information content (AvgIpc) is 2.88. The van der Waals surface area contributed by atoms with Crippen LogP contribution in [0.3, 0.4) is 0 Å². The summed E-state index contributed by atoms with van der Waals surface area (Å²) in [4.78, 5) is 4.43. The van der Waals surface area contributed by atoms with E-state index in [-0.39, 0.29) is 5.41 Å². The molecule has 0 atom stereocenters. The first-order chi connectivity index (χ1) is 9.61. The maximum absolute atomic E-state index is 4.43. The summed E-state index contributed by atoms with van der Waals surface area (Å²) >= 11 is 7.43. The van der Waals surface area contributed by atoms with Crippen LogP contribution >= 0.6 is 31.9 Å². The van der Waals surface area contributed by atoms with E-state index in [2.05, 4.69) is 79.6 Å². The molecule has 0 spiro atoms. The van der Waals surface area contributed by atoms with Crippen molar-refractivity contribution >= 4 is 31.9 Å². The lowest BCUT2D eigenvalue weighted by molar-refractivity contribution is 0.493. The van der Waals surface area contributed by atoms with Crippen molar-refractivity contribution in [2.24, 2.45) is 7.05 Å². The molecule has 0 radical (unpaired) electrons. The number of hydrogen-bond acceptors (Lipinski definition) is 1. The Balaban J connectivity index is 2.21. The molecule has 0 aliphatic rings. The van der Waals surface area contributed by atoms with Crippen molar-refractivity contribution < 1.29 is 0 Å². The Hall–Kier alpha value is -0.610. The molecule has 20 heavy (non-hydrogen) atoms. The number of nitrogens with zero attached hydrogens (tertiary/aromatic N) is 2. The van der Waals surface area contributed by atoms with Gasteiger partial charge in [-0.2, -0.15) is 0 Å². The second-order valence-electron chi connectivity index (χ2n) is 5.37. The molecular formula is C16H20Br2N2. The van der Waals surface area contributed by atoms with Crippen LogP contribution in [0.2, 0.25) is 0 Å². The van der Waals surface area contributed by atoms with E-state index in [0.717, 1.165) is 29.3 Å². The van der Waals surface area contributed by atoms with Gasteiger partial charge in [0.1, 0.15) is 5.82 Å². The number of alkyl halides is 2. The van der Waals surface area contributed by atoms with E-state index in [9.17, 15) is 0 Å². The second kappa shape index (κ2) is 6.90. The number of aryl methyl sites for hydroxylation is 3. The van der Waals surface area contributed by atoms with Crippen molar-refractivity contribution in [2.45, 2.75) is 25.2 Å². The third kappa shape index (κ3) is 3.34. The van der Waals surface area contributed by atoms with E-state index < -0.39 is 0 Å². The predicted octanol–water partition coefficient (Wildman–Crippen LogP) is 4.39. The van der Waals surface area contributed by atoms with E-state index in [1.165, 1.54) is 11.1 Å². The fourth-order valence-electron chi connectivity index (χ4n) is 2.36. The van der Waals surface area contributed by atoms with Crippen LogP contribution in [0.25, 0.3) is 0 Å². The quantitative estimate of drug-likeness (QED) is 0.658. The molecule has 0 saturated carbocycles. The van der Waals surface area contributed by atoms with Crippen LogP contribution in [0.15, 0.2) is 36.7 Å². The zero-order valence-corrected chi connectivity index (χ0v) is 15.1. The van der Waals surface area contributed by atoms with Gasteiger partial charge in [-0.25, -0.2) is 4.98 Å². The van der Waals surface area contributed by atoms with E-state index in [4.69, 9.17) is 0 Å². The Bertz CT molecular complexity index is 542. The van der Waals surface area contributed by atoms with Crippen molar-refractivity contribution in [1.82, 2.24) is 9.55 Å². The maximum atomic E-state index is 4.43. The Kier molecular flexibility index (Phi) is 5.44. The van der Waals surface area contributed by atoms with E-state index in [0.29, 0.717) is 0 Å². The summed E-state index contributed by atoms with van der Waals surface area (Å²) in [6.07, 6.45) is 5.92. The van der Waals surface area contributed by atoms with Gasteiger partial charge in [0.05, 0.1) is 0 Å². The normalized spacial score (nSPS) is 11.8. The topological polar surface area (TPSA) is 17.8 Å². The zero-order valence-electron chi connectivity index (χ0n) is 11.9. The maximum Gasteiger partial charge on any atom is 0.108 e. The lowest BCUT2D eigenvalue weighted by Gasteiger charge is -2.31. The third-order valence-corrected chi connectivity index (χ3v) is 6.07. The molecule has 1 aromatic heterocycles. The molecule has 2 nitrogen and oxygen atoms in total. The third-order valence-electron chi connectivity index (χ3n) is 3.92. The summed E-state index contributed by atoms with van der Waals surface area (Å²) in [5.41, 5.74) is 2.79. The van der Waals surface area contributed by atoms with E-state index >= 15 is 0 Å². The van der Waals surface area contributed by atoms with Crippen molar-refractivity contribution in [3.63, 3.8) is 0 Å². The molecule has 1 heterocycles. The first-order valence-electron chi connectivity index (χ1n) is 6.76. The van der Waals surface area contributed by atoms with Crippen LogP contribution in [-0.4, -0.2) is 20.2 Å². The van der Waals surface area contributed by atoms with Crippen molar-refractivity contribution in [3.8, 4) is 0 Å². The molecule has 0 aliphatic carbocycles. The van der Waals surface area contributed by atoms with Crippen LogP contribution < -0.4 is 0 Å². The van der Waals surface area contributed by atoms with Gasteiger partial charge >= 0.3 is 0 Å². The van der Waals surface area contributed by atoms with Crippen molar-refractivity contribution in [2.75, 3.05) is 10.7 Å². The van der Waals surface area contributed by atoms with Gasteiger partial charge in [-0.05, 0) is 18.9 Å². The average molecular weight is 400 g/mol. The highest BCUT2D eigenvalue weighted by atomic mass is 79.9. The Morgan fingerprint density at radius 2 is 1.80 bits per heavy atom. The molecule has 2 aromatic rings. The zero-order chi connectivity index (χ0) is 14.6. The minimum absolute atomic E-state index is 0.111. The molecule has 4 heteroatoms. The molecule has 2 rings (SSSR count). The highest BCUT2D eigenvalue weighted by Gasteiger charge is 2.30. The summed E-state index contributed by atoms with van der Waals surface area (Å²) in [6, 6.07) is 8.87. The van der Waals surface area contributed by atoms with Gasteiger partial charge in [0.25, 0.3) is 0 Å². The number of imidazole rings is 1. The van der Waals surface area contributed by atoms with Crippen LogP contribution in [-0.2, 0) is 18.9 Å². The highest BCUT2D eigenvalue weighted by molar-refractivity contribution is 9.09. The fraction of sp³-hybridized carbons (Fsp3) is 0.438. The molecule has 108 valence electrons. The van der Waals surface area contributed by atoms with Gasteiger partial charge in [-0.3, -0.25) is 0 Å². The molecule has 0 aliphatic heterocycles. The van der Waals surface area contributed by atoms with Crippen LogP contribution in [0.1, 0.15) is 23.4 Å². The van der Waals surface area contributed by atoms with Gasteiger partial charge in [-0.1, -0.05) is 61.7 Å². The Morgan fingerprint density at radius 1 is 1.15 bits per heavy atom. The SMILES string of the molecule is Cc1ccc(C(CBr)(CBr)CCc2nccn2C)cc1. The molecule has 0 bridgehead atoms. The highest BCUT2D eigenvalue weighted by Crippen LogP contribution is 2.33. The second-order valence-corrected chi connectivity index (χ2v) is 6.49. The van der Waals surface area contributed by atoms with Gasteiger partial charge in [-0.15, -0.1) is 0 Å². The van der Waals surface area contributed by atoms with Crippen molar-refractivity contribution in [1.29, 1.82) is 0 Å². The Labute approximate surface area is 137 Å². The number of benzene rings is 1. The fourth-order valence-corrected chi connectivity index (χ4v) is 4.50. The number of rotatable bonds is 6. The summed E-state index contributed by atoms with van der Waals surface area (Å²) in [5.74, 6) is 1.14. The lowest BCUT2D eigenvalue weighted by atomic mass is 9.80. The largest absolute Gasteiger partial charge is 0.338 e. The molecule has 0 N–H and O–H groups in total. The lowest BCUT2D eigenvalue weighted by Crippen LogP contribution is -2.31. The van der Waals surface area contributed by atoms with Crippen LogP contribution in [0, 0.1) is 6.92 Å². The first-order valence-corrected chi connectivity index (χ1v) is 9.01. The van der Waals surface area contributed by atoms with E-state index in [1.54, 1.807) is 0 Å². The van der Waals surface area contributed by atoms with Crippen molar-refractivity contribution in [3.05, 3.63) is 53.6 Å². The molecule has 0 saturated heterocycles. The standard InChI is InChI=1S/C16H20Br2N2/c1-13-3-5-14(6-4-13)16(11-17,12-18)8-7-15-19-9-10-20(15)2/h3-6,9-10H,7-8,11-12H2,1-2H3. The minimum Gasteiger partial charge on any atom is -0.338 e.